The SMILES string of the molecule is CCOC(=O)CC(=O)NNC(=O)c1ccc(NC2Cc3ccccc3C2)nn1. The molecule has 0 aliphatic heterocycles. The highest BCUT2D eigenvalue weighted by Crippen LogP contribution is 2.23. The lowest BCUT2D eigenvalue weighted by Crippen LogP contribution is -2.42. The maximum atomic E-state index is 12.0. The third-order valence-corrected chi connectivity index (χ3v) is 4.23. The number of anilines is 1. The predicted molar refractivity (Wildman–Crippen MR) is 100 cm³/mol. The van der Waals surface area contributed by atoms with Gasteiger partial charge < -0.3 is 10.1 Å². The Morgan fingerprint density at radius 3 is 2.36 bits per heavy atom. The van der Waals surface area contributed by atoms with Crippen molar-refractivity contribution < 1.29 is 19.1 Å². The van der Waals surface area contributed by atoms with Gasteiger partial charge >= 0.3 is 5.97 Å². The quantitative estimate of drug-likeness (QED) is 0.382. The molecule has 9 heteroatoms. The van der Waals surface area contributed by atoms with Gasteiger partial charge in [-0.05, 0) is 43.0 Å². The van der Waals surface area contributed by atoms with Crippen molar-refractivity contribution in [2.24, 2.45) is 0 Å². The summed E-state index contributed by atoms with van der Waals surface area (Å²) < 4.78 is 4.65. The van der Waals surface area contributed by atoms with Gasteiger partial charge in [-0.15, -0.1) is 10.2 Å². The molecule has 2 aromatic rings. The molecule has 0 radical (unpaired) electrons. The van der Waals surface area contributed by atoms with Crippen molar-refractivity contribution in [1.82, 2.24) is 21.0 Å². The van der Waals surface area contributed by atoms with E-state index in [1.807, 2.05) is 12.1 Å². The number of nitrogens with zero attached hydrogens (tertiary/aromatic N) is 2. The Hall–Kier alpha value is -3.49. The van der Waals surface area contributed by atoms with Crippen molar-refractivity contribution >= 4 is 23.6 Å². The van der Waals surface area contributed by atoms with Crippen LogP contribution in [0, 0.1) is 0 Å². The lowest BCUT2D eigenvalue weighted by atomic mass is 10.1. The van der Waals surface area contributed by atoms with Crippen molar-refractivity contribution in [3.63, 3.8) is 0 Å². The lowest BCUT2D eigenvalue weighted by Gasteiger charge is -2.12. The number of benzene rings is 1. The molecule has 1 aliphatic carbocycles. The van der Waals surface area contributed by atoms with Crippen molar-refractivity contribution in [2.45, 2.75) is 32.2 Å². The van der Waals surface area contributed by atoms with E-state index in [1.165, 1.54) is 17.2 Å². The van der Waals surface area contributed by atoms with Crippen molar-refractivity contribution in [2.75, 3.05) is 11.9 Å². The first kappa shape index (κ1) is 19.3. The van der Waals surface area contributed by atoms with Crippen LogP contribution in [0.1, 0.15) is 35.0 Å². The highest BCUT2D eigenvalue weighted by atomic mass is 16.5. The van der Waals surface area contributed by atoms with Gasteiger partial charge in [0.25, 0.3) is 5.91 Å². The van der Waals surface area contributed by atoms with E-state index < -0.39 is 24.2 Å². The third-order valence-electron chi connectivity index (χ3n) is 4.23. The largest absolute Gasteiger partial charge is 0.466 e. The minimum Gasteiger partial charge on any atom is -0.466 e. The monoisotopic (exact) mass is 383 g/mol. The van der Waals surface area contributed by atoms with E-state index in [9.17, 15) is 14.4 Å². The molecule has 1 aromatic carbocycles. The number of hydrogen-bond donors (Lipinski definition) is 3. The summed E-state index contributed by atoms with van der Waals surface area (Å²) in [6.45, 7) is 1.82. The molecular formula is C19H21N5O4. The van der Waals surface area contributed by atoms with Crippen LogP contribution in [0.5, 0.6) is 0 Å². The second-order valence-corrected chi connectivity index (χ2v) is 6.31. The van der Waals surface area contributed by atoms with Crippen molar-refractivity contribution in [1.29, 1.82) is 0 Å². The molecule has 0 saturated carbocycles. The summed E-state index contributed by atoms with van der Waals surface area (Å²) in [6, 6.07) is 11.7. The van der Waals surface area contributed by atoms with Gasteiger partial charge in [0.05, 0.1) is 6.61 Å². The van der Waals surface area contributed by atoms with Crippen LogP contribution in [0.2, 0.25) is 0 Å². The van der Waals surface area contributed by atoms with Crippen LogP contribution in [-0.2, 0) is 27.2 Å². The normalized spacial score (nSPS) is 12.8. The fourth-order valence-corrected chi connectivity index (χ4v) is 2.98. The smallest absolute Gasteiger partial charge is 0.315 e. The topological polar surface area (TPSA) is 122 Å². The van der Waals surface area contributed by atoms with Gasteiger partial charge in [-0.3, -0.25) is 25.2 Å². The Morgan fingerprint density at radius 1 is 1.04 bits per heavy atom. The number of hydrogen-bond acceptors (Lipinski definition) is 7. The molecular weight excluding hydrogens is 362 g/mol. The third kappa shape index (κ3) is 5.03. The minimum absolute atomic E-state index is 0.0386. The summed E-state index contributed by atoms with van der Waals surface area (Å²) in [5.41, 5.74) is 6.99. The van der Waals surface area contributed by atoms with Gasteiger partial charge in [0.15, 0.2) is 5.69 Å². The zero-order chi connectivity index (χ0) is 19.9. The molecule has 1 aromatic heterocycles. The van der Waals surface area contributed by atoms with Crippen LogP contribution in [0.4, 0.5) is 5.82 Å². The minimum atomic E-state index is -0.682. The molecule has 3 rings (SSSR count). The Morgan fingerprint density at radius 2 is 1.75 bits per heavy atom. The highest BCUT2D eigenvalue weighted by Gasteiger charge is 2.21. The first-order valence-electron chi connectivity index (χ1n) is 8.97. The Labute approximate surface area is 161 Å². The first-order chi connectivity index (χ1) is 13.5. The van der Waals surface area contributed by atoms with E-state index in [0.717, 1.165) is 12.8 Å². The van der Waals surface area contributed by atoms with Crippen LogP contribution in [-0.4, -0.2) is 40.6 Å². The average molecular weight is 383 g/mol. The zero-order valence-corrected chi connectivity index (χ0v) is 15.4. The molecule has 2 amide bonds. The number of fused-ring (bicyclic) bond motifs is 1. The summed E-state index contributed by atoms with van der Waals surface area (Å²) in [7, 11) is 0. The van der Waals surface area contributed by atoms with E-state index in [-0.39, 0.29) is 18.3 Å². The lowest BCUT2D eigenvalue weighted by molar-refractivity contribution is -0.146. The molecule has 9 nitrogen and oxygen atoms in total. The molecule has 28 heavy (non-hydrogen) atoms. The van der Waals surface area contributed by atoms with Gasteiger partial charge in [0.2, 0.25) is 5.91 Å². The molecule has 146 valence electrons. The number of esters is 1. The number of rotatable bonds is 6. The molecule has 1 heterocycles. The number of carbonyl (C=O) groups excluding carboxylic acids is 3. The standard InChI is InChI=1S/C19H21N5O4/c1-2-28-18(26)11-17(25)23-24-19(27)15-7-8-16(22-21-15)20-14-9-12-5-3-4-6-13(12)10-14/h3-8,14H,2,9-11H2,1H3,(H,20,22)(H,23,25)(H,24,27). The number of aromatic nitrogens is 2. The zero-order valence-electron chi connectivity index (χ0n) is 15.4. The van der Waals surface area contributed by atoms with Gasteiger partial charge in [-0.25, -0.2) is 0 Å². The molecule has 0 spiro atoms. The van der Waals surface area contributed by atoms with E-state index in [2.05, 4.69) is 43.2 Å². The predicted octanol–water partition coefficient (Wildman–Crippen LogP) is 0.770. The van der Waals surface area contributed by atoms with Gasteiger partial charge in [-0.1, -0.05) is 24.3 Å². The Balaban J connectivity index is 1.47. The van der Waals surface area contributed by atoms with Crippen LogP contribution < -0.4 is 16.2 Å². The molecule has 0 unspecified atom stereocenters. The number of carbonyl (C=O) groups is 3. The van der Waals surface area contributed by atoms with Gasteiger partial charge in [-0.2, -0.15) is 0 Å². The van der Waals surface area contributed by atoms with Crippen LogP contribution in [0.15, 0.2) is 36.4 Å². The molecule has 3 N–H and O–H groups in total. The summed E-state index contributed by atoms with van der Waals surface area (Å²) in [4.78, 5) is 34.7. The molecule has 0 atom stereocenters. The maximum Gasteiger partial charge on any atom is 0.315 e. The van der Waals surface area contributed by atoms with Crippen LogP contribution in [0.25, 0.3) is 0 Å². The Bertz CT molecular complexity index is 844. The summed E-state index contributed by atoms with van der Waals surface area (Å²) in [6.07, 6.45) is 1.34. The summed E-state index contributed by atoms with van der Waals surface area (Å²) in [5.74, 6) is -1.41. The molecule has 0 fully saturated rings. The van der Waals surface area contributed by atoms with Crippen LogP contribution >= 0.6 is 0 Å². The first-order valence-corrected chi connectivity index (χ1v) is 8.97. The second-order valence-electron chi connectivity index (χ2n) is 6.31. The fourth-order valence-electron chi connectivity index (χ4n) is 2.98. The average Bonchev–Trinajstić information content (AvgIpc) is 3.09. The second kappa shape index (κ2) is 8.94. The molecule has 0 saturated heterocycles. The van der Waals surface area contributed by atoms with Gasteiger partial charge in [0.1, 0.15) is 12.2 Å². The van der Waals surface area contributed by atoms with E-state index in [1.54, 1.807) is 13.0 Å². The number of ether oxygens (including phenoxy) is 1. The highest BCUT2D eigenvalue weighted by molar-refractivity contribution is 5.97. The molecule has 0 bridgehead atoms. The van der Waals surface area contributed by atoms with E-state index >= 15 is 0 Å². The van der Waals surface area contributed by atoms with Crippen molar-refractivity contribution in [3.8, 4) is 0 Å². The fraction of sp³-hybridized carbons (Fsp3) is 0.316. The summed E-state index contributed by atoms with van der Waals surface area (Å²) in [5, 5.41) is 11.2. The van der Waals surface area contributed by atoms with E-state index in [4.69, 9.17) is 0 Å². The molecule has 1 aliphatic rings. The number of hydrazine groups is 1. The summed E-state index contributed by atoms with van der Waals surface area (Å²) >= 11 is 0. The Kier molecular flexibility index (Phi) is 6.15. The van der Waals surface area contributed by atoms with E-state index in [0.29, 0.717) is 5.82 Å². The maximum absolute atomic E-state index is 12.0. The number of amides is 2. The van der Waals surface area contributed by atoms with Crippen LogP contribution in [0.3, 0.4) is 0 Å². The number of nitrogens with one attached hydrogen (secondary N) is 3. The van der Waals surface area contributed by atoms with Gasteiger partial charge in [0, 0.05) is 6.04 Å². The van der Waals surface area contributed by atoms with Crippen molar-refractivity contribution in [3.05, 3.63) is 53.2 Å².